The molecule has 0 aliphatic carbocycles. The van der Waals surface area contributed by atoms with E-state index >= 15 is 0 Å². The first kappa shape index (κ1) is 15.9. The van der Waals surface area contributed by atoms with Crippen LogP contribution in [0.5, 0.6) is 0 Å². The van der Waals surface area contributed by atoms with Gasteiger partial charge in [-0.2, -0.15) is 0 Å². The first-order chi connectivity index (χ1) is 9.70. The monoisotopic (exact) mass is 314 g/mol. The summed E-state index contributed by atoms with van der Waals surface area (Å²) in [6, 6.07) is 2.39. The number of carbonyl (C=O) groups excluding carboxylic acids is 1. The molecule has 2 rings (SSSR count). The minimum Gasteiger partial charge on any atom is -0.339 e. The van der Waals surface area contributed by atoms with E-state index in [-0.39, 0.29) is 17.0 Å². The third-order valence-corrected chi connectivity index (χ3v) is 4.76. The van der Waals surface area contributed by atoms with E-state index in [4.69, 9.17) is 5.14 Å². The molecule has 1 heterocycles. The molecule has 7 heteroatoms. The normalized spacial score (nSPS) is 17.0. The van der Waals surface area contributed by atoms with Gasteiger partial charge in [0.1, 0.15) is 10.7 Å². The highest BCUT2D eigenvalue weighted by Gasteiger charge is 2.25. The maximum absolute atomic E-state index is 13.9. The number of rotatable bonds is 2. The van der Waals surface area contributed by atoms with Gasteiger partial charge in [0.2, 0.25) is 10.0 Å². The molecule has 1 saturated heterocycles. The number of likely N-dealkylation sites (tertiary alicyclic amines) is 1. The van der Waals surface area contributed by atoms with Crippen LogP contribution in [-0.2, 0) is 10.0 Å². The largest absolute Gasteiger partial charge is 0.339 e. The Labute approximate surface area is 124 Å². The second kappa shape index (κ2) is 5.73. The van der Waals surface area contributed by atoms with Gasteiger partial charge in [-0.25, -0.2) is 17.9 Å². The van der Waals surface area contributed by atoms with E-state index in [1.54, 1.807) is 4.90 Å². The number of amides is 1. The van der Waals surface area contributed by atoms with Gasteiger partial charge in [0.25, 0.3) is 5.91 Å². The molecule has 5 nitrogen and oxygen atoms in total. The average Bonchev–Trinajstić information content (AvgIpc) is 2.40. The summed E-state index contributed by atoms with van der Waals surface area (Å²) in [5.74, 6) is -0.611. The number of carbonyl (C=O) groups is 1. The van der Waals surface area contributed by atoms with Gasteiger partial charge in [0.15, 0.2) is 0 Å². The Morgan fingerprint density at radius 3 is 2.43 bits per heavy atom. The molecule has 0 saturated carbocycles. The van der Waals surface area contributed by atoms with Crippen molar-refractivity contribution < 1.29 is 17.6 Å². The maximum Gasteiger partial charge on any atom is 0.253 e. The second-order valence-corrected chi connectivity index (χ2v) is 7.15. The van der Waals surface area contributed by atoms with Gasteiger partial charge < -0.3 is 4.90 Å². The molecule has 0 bridgehead atoms. The Hall–Kier alpha value is -1.47. The maximum atomic E-state index is 13.9. The summed E-state index contributed by atoms with van der Waals surface area (Å²) in [6.07, 6.45) is 1.82. The van der Waals surface area contributed by atoms with Crippen LogP contribution in [0.15, 0.2) is 17.0 Å². The van der Waals surface area contributed by atoms with E-state index in [0.717, 1.165) is 18.9 Å². The molecule has 0 radical (unpaired) electrons. The topological polar surface area (TPSA) is 80.5 Å². The third kappa shape index (κ3) is 3.41. The van der Waals surface area contributed by atoms with Crippen molar-refractivity contribution in [2.45, 2.75) is 31.6 Å². The van der Waals surface area contributed by atoms with Crippen molar-refractivity contribution >= 4 is 15.9 Å². The standard InChI is InChI=1S/C14H19FN2O3S/c1-9-3-5-17(6-4-9)14(18)11-7-10(2)13(15)12(8-11)21(16,19)20/h7-9H,3-6H2,1-2H3,(H2,16,19,20). The van der Waals surface area contributed by atoms with Gasteiger partial charge in [0, 0.05) is 18.7 Å². The molecule has 1 fully saturated rings. The summed E-state index contributed by atoms with van der Waals surface area (Å²) >= 11 is 0. The number of hydrogen-bond acceptors (Lipinski definition) is 3. The van der Waals surface area contributed by atoms with Crippen molar-refractivity contribution in [1.82, 2.24) is 4.90 Å². The molecule has 0 aromatic heterocycles. The van der Waals surface area contributed by atoms with E-state index < -0.39 is 20.7 Å². The molecule has 0 unspecified atom stereocenters. The second-order valence-electron chi connectivity index (χ2n) is 5.62. The Balaban J connectivity index is 2.36. The fourth-order valence-electron chi connectivity index (χ4n) is 2.46. The number of hydrogen-bond donors (Lipinski definition) is 1. The molecule has 1 aliphatic rings. The van der Waals surface area contributed by atoms with Crippen LogP contribution >= 0.6 is 0 Å². The number of nitrogens with zero attached hydrogens (tertiary/aromatic N) is 1. The Morgan fingerprint density at radius 1 is 1.33 bits per heavy atom. The molecule has 1 aromatic carbocycles. The predicted molar refractivity (Wildman–Crippen MR) is 76.8 cm³/mol. The van der Waals surface area contributed by atoms with Crippen LogP contribution in [0, 0.1) is 18.7 Å². The SMILES string of the molecule is Cc1cc(C(=O)N2CCC(C)CC2)cc(S(N)(=O)=O)c1F. The molecule has 0 spiro atoms. The lowest BCUT2D eigenvalue weighted by Crippen LogP contribution is -2.38. The average molecular weight is 314 g/mol. The lowest BCUT2D eigenvalue weighted by Gasteiger charge is -2.30. The molecule has 21 heavy (non-hydrogen) atoms. The highest BCUT2D eigenvalue weighted by Crippen LogP contribution is 2.22. The first-order valence-corrected chi connectivity index (χ1v) is 8.37. The highest BCUT2D eigenvalue weighted by atomic mass is 32.2. The molecule has 0 atom stereocenters. The van der Waals surface area contributed by atoms with Crippen molar-refractivity contribution in [3.05, 3.63) is 29.1 Å². The zero-order valence-corrected chi connectivity index (χ0v) is 12.9. The van der Waals surface area contributed by atoms with Crippen molar-refractivity contribution in [1.29, 1.82) is 0 Å². The van der Waals surface area contributed by atoms with Gasteiger partial charge in [0.05, 0.1) is 0 Å². The molecule has 116 valence electrons. The predicted octanol–water partition coefficient (Wildman–Crippen LogP) is 1.65. The zero-order valence-electron chi connectivity index (χ0n) is 12.1. The Kier molecular flexibility index (Phi) is 4.34. The van der Waals surface area contributed by atoms with Gasteiger partial charge in [-0.05, 0) is 43.4 Å². The van der Waals surface area contributed by atoms with Crippen LogP contribution in [0.2, 0.25) is 0 Å². The van der Waals surface area contributed by atoms with Crippen LogP contribution in [0.3, 0.4) is 0 Å². The molecular formula is C14H19FN2O3S. The summed E-state index contributed by atoms with van der Waals surface area (Å²) in [5, 5.41) is 5.00. The fraction of sp³-hybridized carbons (Fsp3) is 0.500. The lowest BCUT2D eigenvalue weighted by atomic mass is 9.98. The minimum absolute atomic E-state index is 0.0928. The van der Waals surface area contributed by atoms with Crippen LogP contribution in [0.4, 0.5) is 4.39 Å². The van der Waals surface area contributed by atoms with Gasteiger partial charge in [-0.1, -0.05) is 6.92 Å². The summed E-state index contributed by atoms with van der Waals surface area (Å²) in [5.41, 5.74) is 0.253. The zero-order chi connectivity index (χ0) is 15.8. The number of piperidine rings is 1. The molecule has 1 aliphatic heterocycles. The first-order valence-electron chi connectivity index (χ1n) is 6.82. The quantitative estimate of drug-likeness (QED) is 0.901. The van der Waals surface area contributed by atoms with Crippen molar-refractivity contribution in [3.63, 3.8) is 0 Å². The minimum atomic E-state index is -4.20. The van der Waals surface area contributed by atoms with E-state index in [1.807, 2.05) is 0 Å². The summed E-state index contributed by atoms with van der Waals surface area (Å²) in [7, 11) is -4.20. The summed E-state index contributed by atoms with van der Waals surface area (Å²) in [6.45, 7) is 4.80. The molecule has 2 N–H and O–H groups in total. The number of halogens is 1. The molecular weight excluding hydrogens is 295 g/mol. The molecule has 1 aromatic rings. The third-order valence-electron chi connectivity index (χ3n) is 3.85. The smallest absolute Gasteiger partial charge is 0.253 e. The Bertz CT molecular complexity index is 665. The number of benzene rings is 1. The van der Waals surface area contributed by atoms with Gasteiger partial charge in [-0.3, -0.25) is 4.79 Å². The van der Waals surface area contributed by atoms with Crippen LogP contribution in [-0.4, -0.2) is 32.3 Å². The van der Waals surface area contributed by atoms with Crippen molar-refractivity contribution in [2.75, 3.05) is 13.1 Å². The fourth-order valence-corrected chi connectivity index (χ4v) is 3.16. The van der Waals surface area contributed by atoms with Crippen LogP contribution in [0.1, 0.15) is 35.7 Å². The van der Waals surface area contributed by atoms with Crippen LogP contribution in [0.25, 0.3) is 0 Å². The molecule has 1 amide bonds. The summed E-state index contributed by atoms with van der Waals surface area (Å²) < 4.78 is 36.7. The van der Waals surface area contributed by atoms with E-state index in [2.05, 4.69) is 6.92 Å². The van der Waals surface area contributed by atoms with E-state index in [0.29, 0.717) is 19.0 Å². The Morgan fingerprint density at radius 2 is 1.90 bits per heavy atom. The van der Waals surface area contributed by atoms with Gasteiger partial charge >= 0.3 is 0 Å². The van der Waals surface area contributed by atoms with E-state index in [1.165, 1.54) is 13.0 Å². The van der Waals surface area contributed by atoms with Crippen LogP contribution < -0.4 is 5.14 Å². The number of primary sulfonamides is 1. The van der Waals surface area contributed by atoms with Crippen molar-refractivity contribution in [3.8, 4) is 0 Å². The number of aryl methyl sites for hydroxylation is 1. The van der Waals surface area contributed by atoms with E-state index in [9.17, 15) is 17.6 Å². The lowest BCUT2D eigenvalue weighted by molar-refractivity contribution is 0.0697. The highest BCUT2D eigenvalue weighted by molar-refractivity contribution is 7.89. The number of sulfonamides is 1. The summed E-state index contributed by atoms with van der Waals surface area (Å²) in [4.78, 5) is 13.5. The number of nitrogens with two attached hydrogens (primary N) is 1. The van der Waals surface area contributed by atoms with Gasteiger partial charge in [-0.15, -0.1) is 0 Å². The van der Waals surface area contributed by atoms with Crippen molar-refractivity contribution in [2.24, 2.45) is 11.1 Å².